The van der Waals surface area contributed by atoms with E-state index in [0.29, 0.717) is 17.9 Å². The van der Waals surface area contributed by atoms with Crippen LogP contribution in [0.1, 0.15) is 34.1 Å². The minimum absolute atomic E-state index is 0.299. The van der Waals surface area contributed by atoms with Gasteiger partial charge in [0, 0.05) is 18.9 Å². The van der Waals surface area contributed by atoms with Gasteiger partial charge in [-0.2, -0.15) is 20.1 Å². The lowest BCUT2D eigenvalue weighted by Gasteiger charge is -2.23. The molecule has 0 aliphatic rings. The van der Waals surface area contributed by atoms with Crippen LogP contribution in [-0.4, -0.2) is 36.9 Å². The number of nitrogens with one attached hydrogen (secondary N) is 1. The van der Waals surface area contributed by atoms with Crippen molar-refractivity contribution in [3.8, 4) is 12.0 Å². The fourth-order valence-corrected chi connectivity index (χ4v) is 1.44. The molecule has 1 N–H and O–H groups in total. The molecule has 7 heteroatoms. The Morgan fingerprint density at radius 3 is 2.65 bits per heavy atom. The van der Waals surface area contributed by atoms with E-state index in [2.05, 4.69) is 32.3 Å². The molecule has 2 aromatic rings. The van der Waals surface area contributed by atoms with Crippen molar-refractivity contribution in [1.82, 2.24) is 24.7 Å². The van der Waals surface area contributed by atoms with Crippen LogP contribution in [0.5, 0.6) is 6.01 Å². The predicted octanol–water partition coefficient (Wildman–Crippen LogP) is 2.06. The van der Waals surface area contributed by atoms with Gasteiger partial charge < -0.3 is 10.1 Å². The van der Waals surface area contributed by atoms with Gasteiger partial charge in [-0.1, -0.05) is 6.92 Å². The molecule has 0 spiro atoms. The van der Waals surface area contributed by atoms with Crippen molar-refractivity contribution in [2.24, 2.45) is 0 Å². The molecule has 7 nitrogen and oxygen atoms in total. The third-order valence-electron chi connectivity index (χ3n) is 2.87. The molecule has 0 unspecified atom stereocenters. The first kappa shape index (κ1) is 14.2. The lowest BCUT2D eigenvalue weighted by atomic mass is 10.1. The van der Waals surface area contributed by atoms with Crippen molar-refractivity contribution < 1.29 is 4.74 Å². The molecule has 0 amide bonds. The van der Waals surface area contributed by atoms with Gasteiger partial charge in [-0.05, 0) is 33.3 Å². The summed E-state index contributed by atoms with van der Waals surface area (Å²) in [5, 5.41) is 7.20. The highest BCUT2D eigenvalue weighted by molar-refractivity contribution is 5.29. The maximum Gasteiger partial charge on any atom is 0.323 e. The minimum atomic E-state index is -0.327. The molecule has 0 saturated heterocycles. The van der Waals surface area contributed by atoms with Crippen molar-refractivity contribution in [2.75, 3.05) is 11.9 Å². The maximum atomic E-state index is 5.83. The molecule has 20 heavy (non-hydrogen) atoms. The van der Waals surface area contributed by atoms with E-state index < -0.39 is 0 Å². The second-order valence-electron chi connectivity index (χ2n) is 4.94. The molecule has 2 heterocycles. The SMILES string of the molecule is CCNc1nc(OC(C)(C)CC)nc(-n2cccn2)n1. The van der Waals surface area contributed by atoms with Gasteiger partial charge in [0.15, 0.2) is 0 Å². The van der Waals surface area contributed by atoms with Gasteiger partial charge in [-0.25, -0.2) is 4.68 Å². The smallest absolute Gasteiger partial charge is 0.323 e. The summed E-state index contributed by atoms with van der Waals surface area (Å²) in [5.41, 5.74) is -0.327. The van der Waals surface area contributed by atoms with E-state index in [9.17, 15) is 0 Å². The Morgan fingerprint density at radius 2 is 2.05 bits per heavy atom. The van der Waals surface area contributed by atoms with E-state index in [0.717, 1.165) is 13.0 Å². The van der Waals surface area contributed by atoms with E-state index in [1.807, 2.05) is 26.8 Å². The summed E-state index contributed by atoms with van der Waals surface area (Å²) in [6.07, 6.45) is 4.30. The van der Waals surface area contributed by atoms with Crippen LogP contribution in [0.15, 0.2) is 18.5 Å². The standard InChI is InChI=1S/C13H20N6O/c1-5-13(3,4)20-12-17-10(14-6-2)16-11(18-12)19-9-7-8-15-19/h7-9H,5-6H2,1-4H3,(H,14,16,17,18). The summed E-state index contributed by atoms with van der Waals surface area (Å²) in [5.74, 6) is 0.915. The number of hydrogen-bond acceptors (Lipinski definition) is 6. The van der Waals surface area contributed by atoms with Crippen LogP contribution in [0.4, 0.5) is 5.95 Å². The highest BCUT2D eigenvalue weighted by Crippen LogP contribution is 2.19. The van der Waals surface area contributed by atoms with E-state index in [4.69, 9.17) is 4.74 Å². The van der Waals surface area contributed by atoms with Gasteiger partial charge in [0.05, 0.1) is 0 Å². The Morgan fingerprint density at radius 1 is 1.25 bits per heavy atom. The summed E-state index contributed by atoms with van der Waals surface area (Å²) in [7, 11) is 0. The van der Waals surface area contributed by atoms with Gasteiger partial charge >= 0.3 is 6.01 Å². The van der Waals surface area contributed by atoms with Gasteiger partial charge in [-0.15, -0.1) is 0 Å². The molecule has 0 atom stereocenters. The molecule has 108 valence electrons. The quantitative estimate of drug-likeness (QED) is 0.870. The Hall–Kier alpha value is -2.18. The highest BCUT2D eigenvalue weighted by atomic mass is 16.5. The van der Waals surface area contributed by atoms with E-state index >= 15 is 0 Å². The lowest BCUT2D eigenvalue weighted by molar-refractivity contribution is 0.0922. The molecule has 2 rings (SSSR count). The van der Waals surface area contributed by atoms with E-state index in [-0.39, 0.29) is 5.60 Å². The summed E-state index contributed by atoms with van der Waals surface area (Å²) >= 11 is 0. The fourth-order valence-electron chi connectivity index (χ4n) is 1.44. The fraction of sp³-hybridized carbons (Fsp3) is 0.538. The van der Waals surface area contributed by atoms with Crippen molar-refractivity contribution in [3.63, 3.8) is 0 Å². The molecule has 0 saturated carbocycles. The molecule has 2 aromatic heterocycles. The van der Waals surface area contributed by atoms with Crippen LogP contribution < -0.4 is 10.1 Å². The maximum absolute atomic E-state index is 5.83. The molecule has 0 aliphatic heterocycles. The Balaban J connectivity index is 2.36. The normalized spacial score (nSPS) is 11.4. The van der Waals surface area contributed by atoms with Crippen LogP contribution in [0.3, 0.4) is 0 Å². The number of nitrogens with zero attached hydrogens (tertiary/aromatic N) is 5. The monoisotopic (exact) mass is 276 g/mol. The molecule has 0 radical (unpaired) electrons. The van der Waals surface area contributed by atoms with Gasteiger partial charge in [0.1, 0.15) is 5.60 Å². The first-order valence-electron chi connectivity index (χ1n) is 6.73. The van der Waals surface area contributed by atoms with Crippen molar-refractivity contribution in [3.05, 3.63) is 18.5 Å². The predicted molar refractivity (Wildman–Crippen MR) is 76.1 cm³/mol. The number of ether oxygens (including phenoxy) is 1. The third kappa shape index (κ3) is 3.43. The Kier molecular flexibility index (Phi) is 4.16. The van der Waals surface area contributed by atoms with E-state index in [1.165, 1.54) is 0 Å². The molecular formula is C13H20N6O. The Labute approximate surface area is 118 Å². The van der Waals surface area contributed by atoms with Crippen LogP contribution in [0.25, 0.3) is 5.95 Å². The second-order valence-corrected chi connectivity index (χ2v) is 4.94. The summed E-state index contributed by atoms with van der Waals surface area (Å²) in [6, 6.07) is 2.11. The Bertz CT molecular complexity index is 552. The van der Waals surface area contributed by atoms with Crippen LogP contribution >= 0.6 is 0 Å². The zero-order valence-electron chi connectivity index (χ0n) is 12.3. The minimum Gasteiger partial charge on any atom is -0.457 e. The highest BCUT2D eigenvalue weighted by Gasteiger charge is 2.20. The first-order valence-corrected chi connectivity index (χ1v) is 6.73. The van der Waals surface area contributed by atoms with Gasteiger partial charge in [-0.3, -0.25) is 0 Å². The molecule has 0 fully saturated rings. The summed E-state index contributed by atoms with van der Waals surface area (Å²) in [6.45, 7) is 8.75. The number of aromatic nitrogens is 5. The van der Waals surface area contributed by atoms with Crippen LogP contribution in [-0.2, 0) is 0 Å². The lowest BCUT2D eigenvalue weighted by Crippen LogP contribution is -2.28. The number of hydrogen-bond donors (Lipinski definition) is 1. The molecule has 0 aliphatic carbocycles. The number of anilines is 1. The zero-order chi connectivity index (χ0) is 14.6. The van der Waals surface area contributed by atoms with Crippen molar-refractivity contribution >= 4 is 5.95 Å². The second kappa shape index (κ2) is 5.85. The average molecular weight is 276 g/mol. The molecule has 0 bridgehead atoms. The van der Waals surface area contributed by atoms with Crippen LogP contribution in [0, 0.1) is 0 Å². The van der Waals surface area contributed by atoms with Crippen LogP contribution in [0.2, 0.25) is 0 Å². The van der Waals surface area contributed by atoms with Gasteiger partial charge in [0.25, 0.3) is 5.95 Å². The summed E-state index contributed by atoms with van der Waals surface area (Å²) in [4.78, 5) is 12.9. The largest absolute Gasteiger partial charge is 0.457 e. The average Bonchev–Trinajstić information content (AvgIpc) is 2.92. The topological polar surface area (TPSA) is 77.8 Å². The molecular weight excluding hydrogens is 256 g/mol. The molecule has 0 aromatic carbocycles. The van der Waals surface area contributed by atoms with Gasteiger partial charge in [0.2, 0.25) is 5.95 Å². The van der Waals surface area contributed by atoms with Crippen molar-refractivity contribution in [1.29, 1.82) is 0 Å². The third-order valence-corrected chi connectivity index (χ3v) is 2.87. The first-order chi connectivity index (χ1) is 9.54. The number of rotatable bonds is 6. The zero-order valence-corrected chi connectivity index (χ0v) is 12.3. The van der Waals surface area contributed by atoms with E-state index in [1.54, 1.807) is 17.1 Å². The summed E-state index contributed by atoms with van der Waals surface area (Å²) < 4.78 is 7.41. The van der Waals surface area contributed by atoms with Crippen molar-refractivity contribution in [2.45, 2.75) is 39.7 Å².